The van der Waals surface area contributed by atoms with E-state index < -0.39 is 6.04 Å². The van der Waals surface area contributed by atoms with Gasteiger partial charge in [0.25, 0.3) is 0 Å². The molecule has 8 heteroatoms. The molecule has 1 atom stereocenters. The Morgan fingerprint density at radius 3 is 2.61 bits per heavy atom. The fraction of sp³-hybridized carbons (Fsp3) is 0.440. The second kappa shape index (κ2) is 14.4. The fourth-order valence-corrected chi connectivity index (χ4v) is 4.83. The molecule has 2 aromatic carbocycles. The van der Waals surface area contributed by atoms with Gasteiger partial charge in [0.1, 0.15) is 11.8 Å². The maximum atomic E-state index is 13.3. The van der Waals surface area contributed by atoms with E-state index in [1.54, 1.807) is 24.1 Å². The third-order valence-electron chi connectivity index (χ3n) is 5.20. The second-order valence-corrected chi connectivity index (χ2v) is 9.50. The molecule has 0 aliphatic rings. The predicted molar refractivity (Wildman–Crippen MR) is 138 cm³/mol. The van der Waals surface area contributed by atoms with E-state index in [1.807, 2.05) is 37.3 Å². The highest BCUT2D eigenvalue weighted by molar-refractivity contribution is 7.99. The quantitative estimate of drug-likeness (QED) is 0.337. The van der Waals surface area contributed by atoms with Crippen LogP contribution < -0.4 is 10.1 Å². The van der Waals surface area contributed by atoms with E-state index in [2.05, 4.69) is 12.2 Å². The van der Waals surface area contributed by atoms with E-state index in [-0.39, 0.29) is 17.6 Å². The Morgan fingerprint density at radius 1 is 1.15 bits per heavy atom. The van der Waals surface area contributed by atoms with Crippen LogP contribution in [0.1, 0.15) is 44.2 Å². The Labute approximate surface area is 211 Å². The van der Waals surface area contributed by atoms with Crippen molar-refractivity contribution in [1.29, 1.82) is 0 Å². The molecule has 2 amide bonds. The Bertz CT molecular complexity index is 926. The molecule has 0 saturated carbocycles. The molecule has 2 aromatic rings. The number of unbranched alkanes of at least 4 members (excludes halogenated alkanes) is 1. The smallest absolute Gasteiger partial charge is 0.242 e. The molecule has 33 heavy (non-hydrogen) atoms. The Kier molecular flexibility index (Phi) is 11.9. The van der Waals surface area contributed by atoms with E-state index in [1.165, 1.54) is 11.8 Å². The lowest BCUT2D eigenvalue weighted by Crippen LogP contribution is -2.49. The summed E-state index contributed by atoms with van der Waals surface area (Å²) in [6.45, 7) is 4.94. The molecular formula is C25H32Cl2N2O3S. The van der Waals surface area contributed by atoms with Gasteiger partial charge in [-0.15, -0.1) is 11.8 Å². The molecular weight excluding hydrogens is 479 g/mol. The Morgan fingerprint density at radius 2 is 1.94 bits per heavy atom. The third kappa shape index (κ3) is 8.76. The van der Waals surface area contributed by atoms with Crippen LogP contribution in [0.15, 0.2) is 42.5 Å². The molecule has 0 heterocycles. The summed E-state index contributed by atoms with van der Waals surface area (Å²) in [6, 6.07) is 12.4. The van der Waals surface area contributed by atoms with Gasteiger partial charge in [-0.3, -0.25) is 9.59 Å². The molecule has 1 N–H and O–H groups in total. The molecule has 0 spiro atoms. The van der Waals surface area contributed by atoms with Crippen molar-refractivity contribution in [2.75, 3.05) is 19.4 Å². The summed E-state index contributed by atoms with van der Waals surface area (Å²) < 4.78 is 5.32. The zero-order valence-corrected chi connectivity index (χ0v) is 21.7. The summed E-state index contributed by atoms with van der Waals surface area (Å²) in [5, 5.41) is 4.14. The summed E-state index contributed by atoms with van der Waals surface area (Å²) in [6.07, 6.45) is 2.43. The minimum atomic E-state index is -0.541. The number of rotatable bonds is 13. The van der Waals surface area contributed by atoms with Crippen molar-refractivity contribution in [2.24, 2.45) is 0 Å². The highest BCUT2D eigenvalue weighted by atomic mass is 35.5. The van der Waals surface area contributed by atoms with Crippen LogP contribution in [0.4, 0.5) is 0 Å². The minimum Gasteiger partial charge on any atom is -0.497 e. The van der Waals surface area contributed by atoms with Crippen molar-refractivity contribution in [3.8, 4) is 5.75 Å². The van der Waals surface area contributed by atoms with Crippen molar-refractivity contribution < 1.29 is 14.3 Å². The summed E-state index contributed by atoms with van der Waals surface area (Å²) in [5.74, 6) is 1.32. The van der Waals surface area contributed by atoms with Crippen LogP contribution in [0.2, 0.25) is 10.0 Å². The number of hydrogen-bond acceptors (Lipinski definition) is 4. The van der Waals surface area contributed by atoms with Gasteiger partial charge in [0, 0.05) is 28.9 Å². The summed E-state index contributed by atoms with van der Waals surface area (Å²) in [7, 11) is 1.61. The average molecular weight is 512 g/mol. The number of halogens is 2. The molecule has 0 bridgehead atoms. The lowest BCUT2D eigenvalue weighted by molar-refractivity contribution is -0.139. The van der Waals surface area contributed by atoms with E-state index in [4.69, 9.17) is 27.9 Å². The second-order valence-electron chi connectivity index (χ2n) is 7.67. The number of amides is 2. The molecule has 0 aliphatic carbocycles. The van der Waals surface area contributed by atoms with Crippen LogP contribution in [0.25, 0.3) is 0 Å². The Balaban J connectivity index is 2.14. The molecule has 0 aliphatic heterocycles. The zero-order chi connectivity index (χ0) is 24.2. The summed E-state index contributed by atoms with van der Waals surface area (Å²) >= 11 is 13.7. The van der Waals surface area contributed by atoms with Gasteiger partial charge < -0.3 is 15.0 Å². The minimum absolute atomic E-state index is 0.0922. The number of methoxy groups -OCH3 is 1. The van der Waals surface area contributed by atoms with Crippen LogP contribution in [-0.2, 0) is 21.9 Å². The van der Waals surface area contributed by atoms with Gasteiger partial charge in [0.05, 0.1) is 12.9 Å². The largest absolute Gasteiger partial charge is 0.497 e. The van der Waals surface area contributed by atoms with Gasteiger partial charge in [0.15, 0.2) is 0 Å². The molecule has 180 valence electrons. The molecule has 2 rings (SSSR count). The molecule has 0 unspecified atom stereocenters. The molecule has 0 aromatic heterocycles. The first-order valence-electron chi connectivity index (χ1n) is 11.1. The lowest BCUT2D eigenvalue weighted by Gasteiger charge is -2.30. The van der Waals surface area contributed by atoms with Gasteiger partial charge in [-0.25, -0.2) is 0 Å². The molecule has 0 radical (unpaired) electrons. The first kappa shape index (κ1) is 27.4. The SMILES string of the molecule is CCCCNC(=O)[C@@H](CC)N(Cc1cccc(OC)c1)C(=O)CSCc1ccc(Cl)cc1Cl. The van der Waals surface area contributed by atoms with Crippen molar-refractivity contribution in [2.45, 2.75) is 51.4 Å². The van der Waals surface area contributed by atoms with Gasteiger partial charge in [-0.2, -0.15) is 0 Å². The van der Waals surface area contributed by atoms with Gasteiger partial charge >= 0.3 is 0 Å². The van der Waals surface area contributed by atoms with Gasteiger partial charge in [0.2, 0.25) is 11.8 Å². The molecule has 5 nitrogen and oxygen atoms in total. The number of carbonyl (C=O) groups is 2. The number of carbonyl (C=O) groups excluding carboxylic acids is 2. The van der Waals surface area contributed by atoms with E-state index in [0.717, 1.165) is 24.0 Å². The van der Waals surface area contributed by atoms with Crippen molar-refractivity contribution in [3.05, 3.63) is 63.6 Å². The number of thioether (sulfide) groups is 1. The highest BCUT2D eigenvalue weighted by Gasteiger charge is 2.28. The van der Waals surface area contributed by atoms with Crippen molar-refractivity contribution in [3.63, 3.8) is 0 Å². The van der Waals surface area contributed by atoms with Crippen LogP contribution in [0.5, 0.6) is 5.75 Å². The number of ether oxygens (including phenoxy) is 1. The maximum Gasteiger partial charge on any atom is 0.242 e. The molecule has 0 saturated heterocycles. The van der Waals surface area contributed by atoms with Gasteiger partial charge in [-0.05, 0) is 48.2 Å². The number of hydrogen-bond donors (Lipinski definition) is 1. The van der Waals surface area contributed by atoms with E-state index in [0.29, 0.717) is 41.1 Å². The van der Waals surface area contributed by atoms with Crippen molar-refractivity contribution >= 4 is 46.8 Å². The first-order valence-corrected chi connectivity index (χ1v) is 13.0. The zero-order valence-electron chi connectivity index (χ0n) is 19.4. The highest BCUT2D eigenvalue weighted by Crippen LogP contribution is 2.25. The van der Waals surface area contributed by atoms with Crippen LogP contribution >= 0.6 is 35.0 Å². The number of nitrogens with one attached hydrogen (secondary N) is 1. The topological polar surface area (TPSA) is 58.6 Å². The maximum absolute atomic E-state index is 13.3. The fourth-order valence-electron chi connectivity index (χ4n) is 3.36. The third-order valence-corrected chi connectivity index (χ3v) is 6.75. The van der Waals surface area contributed by atoms with E-state index in [9.17, 15) is 9.59 Å². The first-order chi connectivity index (χ1) is 15.9. The predicted octanol–water partition coefficient (Wildman–Crippen LogP) is 5.96. The standard InChI is InChI=1S/C25H32Cl2N2O3S/c1-4-6-12-28-25(31)23(5-2)29(15-18-8-7-9-21(13-18)32-3)24(30)17-33-16-19-10-11-20(26)14-22(19)27/h7-11,13-14,23H,4-6,12,15-17H2,1-3H3,(H,28,31)/t23-/m1/s1. The van der Waals surface area contributed by atoms with Crippen LogP contribution in [0.3, 0.4) is 0 Å². The average Bonchev–Trinajstić information content (AvgIpc) is 2.80. The molecule has 0 fully saturated rings. The van der Waals surface area contributed by atoms with Crippen molar-refractivity contribution in [1.82, 2.24) is 10.2 Å². The number of benzene rings is 2. The number of nitrogens with zero attached hydrogens (tertiary/aromatic N) is 1. The van der Waals surface area contributed by atoms with E-state index >= 15 is 0 Å². The summed E-state index contributed by atoms with van der Waals surface area (Å²) in [4.78, 5) is 27.9. The monoisotopic (exact) mass is 510 g/mol. The normalized spacial score (nSPS) is 11.7. The summed E-state index contributed by atoms with van der Waals surface area (Å²) in [5.41, 5.74) is 1.83. The Hall–Kier alpha value is -1.89. The van der Waals surface area contributed by atoms with Crippen LogP contribution in [-0.4, -0.2) is 42.2 Å². The van der Waals surface area contributed by atoms with Gasteiger partial charge in [-0.1, -0.05) is 61.7 Å². The lowest BCUT2D eigenvalue weighted by atomic mass is 10.1. The van der Waals surface area contributed by atoms with Crippen LogP contribution in [0, 0.1) is 0 Å².